The summed E-state index contributed by atoms with van der Waals surface area (Å²) in [6.45, 7) is 3.87. The van der Waals surface area contributed by atoms with Crippen molar-refractivity contribution >= 4 is 23.0 Å². The number of pyridine rings is 1. The van der Waals surface area contributed by atoms with E-state index >= 15 is 0 Å². The summed E-state index contributed by atoms with van der Waals surface area (Å²) in [5.74, 6) is -0.449. The molecule has 0 spiro atoms. The topological polar surface area (TPSA) is 77.2 Å². The summed E-state index contributed by atoms with van der Waals surface area (Å²) in [5, 5.41) is 3.25. The molecule has 0 amide bonds. The number of anilines is 3. The molecule has 20 heavy (non-hydrogen) atoms. The van der Waals surface area contributed by atoms with E-state index in [-0.39, 0.29) is 5.69 Å². The van der Waals surface area contributed by atoms with Crippen molar-refractivity contribution in [3.8, 4) is 0 Å². The smallest absolute Gasteiger partial charge is 0.356 e. The number of ether oxygens (including phenoxy) is 1. The third-order valence-electron chi connectivity index (χ3n) is 3.07. The van der Waals surface area contributed by atoms with Crippen molar-refractivity contribution < 1.29 is 9.53 Å². The van der Waals surface area contributed by atoms with E-state index in [2.05, 4.69) is 15.0 Å². The maximum absolute atomic E-state index is 11.4. The first-order valence-electron chi connectivity index (χ1n) is 6.20. The highest BCUT2D eigenvalue weighted by Crippen LogP contribution is 2.28. The molecular weight excluding hydrogens is 254 g/mol. The third kappa shape index (κ3) is 2.71. The normalized spacial score (nSPS) is 10.2. The lowest BCUT2D eigenvalue weighted by Gasteiger charge is -2.14. The van der Waals surface area contributed by atoms with E-state index in [9.17, 15) is 4.79 Å². The zero-order valence-corrected chi connectivity index (χ0v) is 11.7. The van der Waals surface area contributed by atoms with Gasteiger partial charge in [-0.1, -0.05) is 12.1 Å². The van der Waals surface area contributed by atoms with E-state index < -0.39 is 5.97 Å². The van der Waals surface area contributed by atoms with Gasteiger partial charge in [-0.05, 0) is 37.1 Å². The molecule has 5 nitrogen and oxygen atoms in total. The Morgan fingerprint density at radius 3 is 2.65 bits per heavy atom. The Morgan fingerprint density at radius 2 is 2.05 bits per heavy atom. The standard InChI is InChI=1S/C15H17N3O2/c1-9-5-4-6-11(16)14(9)18-13-8-17-12(7-10(13)2)15(19)20-3/h4-8,18H,16H2,1-3H3. The van der Waals surface area contributed by atoms with Crippen LogP contribution in [0.15, 0.2) is 30.5 Å². The minimum absolute atomic E-state index is 0.285. The molecule has 0 unspecified atom stereocenters. The molecule has 1 aromatic carbocycles. The fraction of sp³-hybridized carbons (Fsp3) is 0.200. The molecule has 0 radical (unpaired) electrons. The van der Waals surface area contributed by atoms with Crippen molar-refractivity contribution in [2.45, 2.75) is 13.8 Å². The number of nitrogens with one attached hydrogen (secondary N) is 1. The lowest BCUT2D eigenvalue weighted by molar-refractivity contribution is 0.0594. The van der Waals surface area contributed by atoms with Crippen LogP contribution in [0.25, 0.3) is 0 Å². The van der Waals surface area contributed by atoms with Gasteiger partial charge in [-0.3, -0.25) is 0 Å². The summed E-state index contributed by atoms with van der Waals surface area (Å²) in [7, 11) is 1.33. The van der Waals surface area contributed by atoms with Crippen molar-refractivity contribution in [1.82, 2.24) is 4.98 Å². The van der Waals surface area contributed by atoms with Gasteiger partial charge in [-0.15, -0.1) is 0 Å². The minimum Gasteiger partial charge on any atom is -0.464 e. The number of carbonyl (C=O) groups is 1. The molecule has 0 saturated carbocycles. The largest absolute Gasteiger partial charge is 0.464 e. The van der Waals surface area contributed by atoms with Crippen LogP contribution in [0.4, 0.5) is 17.1 Å². The summed E-state index contributed by atoms with van der Waals surface area (Å²) in [4.78, 5) is 15.5. The van der Waals surface area contributed by atoms with Gasteiger partial charge in [-0.2, -0.15) is 0 Å². The second-order valence-electron chi connectivity index (χ2n) is 4.54. The number of benzene rings is 1. The second kappa shape index (κ2) is 5.61. The number of nitrogen functional groups attached to an aromatic ring is 1. The summed E-state index contributed by atoms with van der Waals surface area (Å²) in [6.07, 6.45) is 1.60. The maximum atomic E-state index is 11.4. The van der Waals surface area contributed by atoms with Crippen molar-refractivity contribution in [3.05, 3.63) is 47.3 Å². The fourth-order valence-corrected chi connectivity index (χ4v) is 1.90. The van der Waals surface area contributed by atoms with Crippen LogP contribution < -0.4 is 11.1 Å². The molecule has 5 heteroatoms. The molecule has 1 heterocycles. The number of carbonyl (C=O) groups excluding carboxylic acids is 1. The first-order valence-corrected chi connectivity index (χ1v) is 6.20. The van der Waals surface area contributed by atoms with Crippen molar-refractivity contribution in [3.63, 3.8) is 0 Å². The zero-order chi connectivity index (χ0) is 14.7. The summed E-state index contributed by atoms with van der Waals surface area (Å²) in [6, 6.07) is 7.40. The van der Waals surface area contributed by atoms with E-state index in [1.807, 2.05) is 32.0 Å². The van der Waals surface area contributed by atoms with E-state index in [1.54, 1.807) is 12.3 Å². The van der Waals surface area contributed by atoms with Crippen LogP contribution in [0.5, 0.6) is 0 Å². The third-order valence-corrected chi connectivity index (χ3v) is 3.07. The number of aromatic nitrogens is 1. The zero-order valence-electron chi connectivity index (χ0n) is 11.7. The van der Waals surface area contributed by atoms with Gasteiger partial charge in [0.25, 0.3) is 0 Å². The van der Waals surface area contributed by atoms with Crippen LogP contribution in [-0.2, 0) is 4.74 Å². The summed E-state index contributed by atoms with van der Waals surface area (Å²) >= 11 is 0. The predicted octanol–water partition coefficient (Wildman–Crippen LogP) is 2.81. The van der Waals surface area contributed by atoms with Crippen LogP contribution in [0.2, 0.25) is 0 Å². The maximum Gasteiger partial charge on any atom is 0.356 e. The van der Waals surface area contributed by atoms with E-state index in [0.29, 0.717) is 5.69 Å². The summed E-state index contributed by atoms with van der Waals surface area (Å²) < 4.78 is 4.65. The SMILES string of the molecule is COC(=O)c1cc(C)c(Nc2c(C)cccc2N)cn1. The van der Waals surface area contributed by atoms with Gasteiger partial charge in [0, 0.05) is 0 Å². The molecule has 3 N–H and O–H groups in total. The van der Waals surface area contributed by atoms with Gasteiger partial charge in [0.1, 0.15) is 5.69 Å². The molecule has 1 aromatic heterocycles. The first-order chi connectivity index (χ1) is 9.52. The van der Waals surface area contributed by atoms with Gasteiger partial charge in [-0.25, -0.2) is 9.78 Å². The van der Waals surface area contributed by atoms with Gasteiger partial charge >= 0.3 is 5.97 Å². The number of hydrogen-bond acceptors (Lipinski definition) is 5. The molecule has 0 saturated heterocycles. The number of nitrogens with zero attached hydrogens (tertiary/aromatic N) is 1. The Labute approximate surface area is 117 Å². The average Bonchev–Trinajstić information content (AvgIpc) is 2.43. The first kappa shape index (κ1) is 13.9. The number of para-hydroxylation sites is 1. The number of esters is 1. The van der Waals surface area contributed by atoms with Crippen molar-refractivity contribution in [2.24, 2.45) is 0 Å². The van der Waals surface area contributed by atoms with E-state index in [1.165, 1.54) is 7.11 Å². The van der Waals surface area contributed by atoms with Gasteiger partial charge in [0.2, 0.25) is 0 Å². The fourth-order valence-electron chi connectivity index (χ4n) is 1.90. The molecule has 0 aliphatic carbocycles. The van der Waals surface area contributed by atoms with Crippen LogP contribution in [0, 0.1) is 13.8 Å². The molecule has 0 bridgehead atoms. The second-order valence-corrected chi connectivity index (χ2v) is 4.54. The number of aryl methyl sites for hydroxylation is 2. The predicted molar refractivity (Wildman–Crippen MR) is 79.2 cm³/mol. The Bertz CT molecular complexity index is 633. The number of hydrogen-bond donors (Lipinski definition) is 2. The highest BCUT2D eigenvalue weighted by atomic mass is 16.5. The van der Waals surface area contributed by atoms with Crippen LogP contribution in [-0.4, -0.2) is 18.1 Å². The van der Waals surface area contributed by atoms with Gasteiger partial charge in [0.15, 0.2) is 0 Å². The van der Waals surface area contributed by atoms with Crippen LogP contribution in [0.3, 0.4) is 0 Å². The Kier molecular flexibility index (Phi) is 3.89. The van der Waals surface area contributed by atoms with Gasteiger partial charge in [0.05, 0.1) is 30.4 Å². The highest BCUT2D eigenvalue weighted by Gasteiger charge is 2.10. The molecule has 0 atom stereocenters. The van der Waals surface area contributed by atoms with Crippen LogP contribution in [0.1, 0.15) is 21.6 Å². The van der Waals surface area contributed by atoms with Crippen LogP contribution >= 0.6 is 0 Å². The molecular formula is C15H17N3O2. The molecule has 2 rings (SSSR count). The van der Waals surface area contributed by atoms with E-state index in [0.717, 1.165) is 22.5 Å². The van der Waals surface area contributed by atoms with Crippen molar-refractivity contribution in [2.75, 3.05) is 18.2 Å². The number of nitrogens with two attached hydrogens (primary N) is 1. The number of rotatable bonds is 3. The average molecular weight is 271 g/mol. The highest BCUT2D eigenvalue weighted by molar-refractivity contribution is 5.88. The molecule has 0 fully saturated rings. The summed E-state index contributed by atoms with van der Waals surface area (Å²) in [5.41, 5.74) is 10.5. The molecule has 104 valence electrons. The van der Waals surface area contributed by atoms with Gasteiger partial charge < -0.3 is 15.8 Å². The molecule has 0 aliphatic rings. The van der Waals surface area contributed by atoms with Crippen molar-refractivity contribution in [1.29, 1.82) is 0 Å². The Balaban J connectivity index is 2.33. The lowest BCUT2D eigenvalue weighted by atomic mass is 10.1. The minimum atomic E-state index is -0.449. The molecule has 0 aliphatic heterocycles. The van der Waals surface area contributed by atoms with E-state index in [4.69, 9.17) is 5.73 Å². The number of methoxy groups -OCH3 is 1. The lowest BCUT2D eigenvalue weighted by Crippen LogP contribution is -2.06. The molecule has 2 aromatic rings. The Hall–Kier alpha value is -2.56. The monoisotopic (exact) mass is 271 g/mol. The quantitative estimate of drug-likeness (QED) is 0.663. The Morgan fingerprint density at radius 1 is 1.30 bits per heavy atom.